The van der Waals surface area contributed by atoms with Gasteiger partial charge in [0.2, 0.25) is 0 Å². The third kappa shape index (κ3) is 1.74. The summed E-state index contributed by atoms with van der Waals surface area (Å²) in [5.74, 6) is 1.81. The third-order valence-electron chi connectivity index (χ3n) is 5.70. The fourth-order valence-corrected chi connectivity index (χ4v) is 4.67. The molecule has 2 nitrogen and oxygen atoms in total. The Morgan fingerprint density at radius 1 is 1.35 bits per heavy atom. The third-order valence-corrected chi connectivity index (χ3v) is 5.70. The van der Waals surface area contributed by atoms with Gasteiger partial charge in [0.15, 0.2) is 0 Å². The number of benzene rings is 1. The average Bonchev–Trinajstić information content (AvgIpc) is 2.39. The van der Waals surface area contributed by atoms with E-state index < -0.39 is 0 Å². The molecule has 3 aliphatic rings. The Morgan fingerprint density at radius 3 is 2.95 bits per heavy atom. The van der Waals surface area contributed by atoms with Gasteiger partial charge in [0.05, 0.1) is 0 Å². The number of nitrogens with zero attached hydrogens (tertiary/aromatic N) is 1. The highest BCUT2D eigenvalue weighted by Gasteiger charge is 2.50. The van der Waals surface area contributed by atoms with Crippen molar-refractivity contribution in [2.24, 2.45) is 11.8 Å². The van der Waals surface area contributed by atoms with Crippen molar-refractivity contribution in [3.05, 3.63) is 41.5 Å². The number of hydrogen-bond donors (Lipinski definition) is 1. The van der Waals surface area contributed by atoms with Crippen molar-refractivity contribution in [1.29, 1.82) is 0 Å². The normalized spacial score (nSPS) is 38.0. The van der Waals surface area contributed by atoms with Gasteiger partial charge >= 0.3 is 0 Å². The molecule has 0 amide bonds. The maximum atomic E-state index is 9.84. The summed E-state index contributed by atoms with van der Waals surface area (Å²) in [6, 6.07) is 6.60. The van der Waals surface area contributed by atoms with Gasteiger partial charge in [-0.2, -0.15) is 0 Å². The topological polar surface area (TPSA) is 23.5 Å². The number of phenolic OH excluding ortho intramolecular Hbond substituents is 1. The van der Waals surface area contributed by atoms with Gasteiger partial charge in [-0.05, 0) is 55.0 Å². The Kier molecular flexibility index (Phi) is 3.15. The molecule has 1 heterocycles. The van der Waals surface area contributed by atoms with Crippen LogP contribution in [0.3, 0.4) is 0 Å². The molecule has 0 aromatic heterocycles. The lowest BCUT2D eigenvalue weighted by Crippen LogP contribution is -2.57. The summed E-state index contributed by atoms with van der Waals surface area (Å²) in [5, 5.41) is 9.84. The van der Waals surface area contributed by atoms with E-state index in [4.69, 9.17) is 0 Å². The highest BCUT2D eigenvalue weighted by atomic mass is 35.5. The molecule has 2 aliphatic carbocycles. The largest absolute Gasteiger partial charge is 0.508 e. The number of rotatable bonds is 0. The lowest BCUT2D eigenvalue weighted by molar-refractivity contribution is 0.0431. The minimum atomic E-state index is 0. The molecule has 3 heteroatoms. The number of piperidine rings is 1. The summed E-state index contributed by atoms with van der Waals surface area (Å²) < 4.78 is 0. The Balaban J connectivity index is 0.00000121. The van der Waals surface area contributed by atoms with Gasteiger partial charge in [-0.15, -0.1) is 12.4 Å². The van der Waals surface area contributed by atoms with Crippen LogP contribution in [0.15, 0.2) is 30.4 Å². The summed E-state index contributed by atoms with van der Waals surface area (Å²) in [7, 11) is 2.27. The first-order chi connectivity index (χ1) is 9.08. The molecule has 4 atom stereocenters. The average molecular weight is 292 g/mol. The molecule has 0 radical (unpaired) electrons. The van der Waals surface area contributed by atoms with Gasteiger partial charge in [0.1, 0.15) is 5.75 Å². The van der Waals surface area contributed by atoms with Crippen molar-refractivity contribution in [3.8, 4) is 5.75 Å². The van der Waals surface area contributed by atoms with Gasteiger partial charge < -0.3 is 10.0 Å². The van der Waals surface area contributed by atoms with Gasteiger partial charge in [-0.25, -0.2) is 0 Å². The molecule has 108 valence electrons. The number of fused-ring (bicyclic) bond motifs is 3. The molecule has 1 fully saturated rings. The van der Waals surface area contributed by atoms with Crippen molar-refractivity contribution in [2.75, 3.05) is 13.6 Å². The Labute approximate surface area is 126 Å². The number of likely N-dealkylation sites (tertiary alicyclic amines) is 1. The van der Waals surface area contributed by atoms with Crippen LogP contribution < -0.4 is 0 Å². The maximum absolute atomic E-state index is 9.84. The summed E-state index contributed by atoms with van der Waals surface area (Å²) in [6.07, 6.45) is 7.26. The lowest BCUT2D eigenvalue weighted by Gasteiger charge is -2.55. The number of allylic oxidation sites excluding steroid dienone is 1. The summed E-state index contributed by atoms with van der Waals surface area (Å²) in [6.45, 7) is 3.55. The van der Waals surface area contributed by atoms with E-state index >= 15 is 0 Å². The van der Waals surface area contributed by atoms with Crippen LogP contribution in [0.1, 0.15) is 24.5 Å². The molecule has 1 aliphatic heterocycles. The number of likely N-dealkylation sites (N-methyl/N-ethyl adjacent to an activating group) is 1. The zero-order valence-electron chi connectivity index (χ0n) is 12.0. The smallest absolute Gasteiger partial charge is 0.115 e. The van der Waals surface area contributed by atoms with Crippen molar-refractivity contribution in [3.63, 3.8) is 0 Å². The second-order valence-electron chi connectivity index (χ2n) is 6.80. The fraction of sp³-hybridized carbons (Fsp3) is 0.529. The first-order valence-electron chi connectivity index (χ1n) is 7.30. The second kappa shape index (κ2) is 4.51. The maximum Gasteiger partial charge on any atom is 0.115 e. The minimum absolute atomic E-state index is 0. The van der Waals surface area contributed by atoms with Crippen LogP contribution in [0.5, 0.6) is 5.75 Å². The van der Waals surface area contributed by atoms with Gasteiger partial charge in [-0.3, -0.25) is 0 Å². The zero-order chi connectivity index (χ0) is 13.2. The van der Waals surface area contributed by atoms with Crippen LogP contribution >= 0.6 is 12.4 Å². The standard InChI is InChI=1S/C17H21NO.ClH/c1-17-6-5-11-7-15(17)16(18(2)10-11)8-12-3-4-13(19)9-14(12)17;/h3-6,9,11,15-16,19H,7-8,10H2,1-2H3;1H/t11?,15?,16?,17-;/m0./s1. The number of phenols is 1. The van der Waals surface area contributed by atoms with E-state index in [0.29, 0.717) is 17.7 Å². The lowest BCUT2D eigenvalue weighted by atomic mass is 9.56. The minimum Gasteiger partial charge on any atom is -0.508 e. The molecule has 3 unspecified atom stereocenters. The van der Waals surface area contributed by atoms with Crippen molar-refractivity contribution < 1.29 is 5.11 Å². The van der Waals surface area contributed by atoms with Crippen LogP contribution in [0.25, 0.3) is 0 Å². The Morgan fingerprint density at radius 2 is 2.15 bits per heavy atom. The van der Waals surface area contributed by atoms with Gasteiger partial charge in [0, 0.05) is 18.0 Å². The molecule has 0 saturated carbocycles. The first-order valence-corrected chi connectivity index (χ1v) is 7.30. The van der Waals surface area contributed by atoms with Crippen molar-refractivity contribution >= 4 is 12.4 Å². The predicted octanol–water partition coefficient (Wildman–Crippen LogP) is 3.13. The first kappa shape index (κ1) is 14.0. The molecular weight excluding hydrogens is 270 g/mol. The molecule has 20 heavy (non-hydrogen) atoms. The number of halogens is 1. The van der Waals surface area contributed by atoms with E-state index in [9.17, 15) is 5.11 Å². The predicted molar refractivity (Wildman–Crippen MR) is 83.6 cm³/mol. The van der Waals surface area contributed by atoms with E-state index in [1.54, 1.807) is 0 Å². The molecule has 1 saturated heterocycles. The fourth-order valence-electron chi connectivity index (χ4n) is 4.67. The van der Waals surface area contributed by atoms with E-state index in [-0.39, 0.29) is 17.8 Å². The number of aromatic hydroxyl groups is 1. The SMILES string of the molecule is CN1CC2C=C[C@@]3(C)c4cc(O)ccc4CC1C3C2.Cl. The van der Waals surface area contributed by atoms with Crippen LogP contribution in [0, 0.1) is 11.8 Å². The molecule has 1 aromatic rings. The van der Waals surface area contributed by atoms with E-state index in [0.717, 1.165) is 12.3 Å². The molecular formula is C17H22ClNO. The van der Waals surface area contributed by atoms with Crippen LogP contribution in [-0.4, -0.2) is 29.6 Å². The van der Waals surface area contributed by atoms with Crippen LogP contribution in [0.4, 0.5) is 0 Å². The summed E-state index contributed by atoms with van der Waals surface area (Å²) in [4.78, 5) is 2.55. The summed E-state index contributed by atoms with van der Waals surface area (Å²) in [5.41, 5.74) is 2.86. The van der Waals surface area contributed by atoms with Crippen LogP contribution in [0.2, 0.25) is 0 Å². The molecule has 1 N–H and O–H groups in total. The second-order valence-corrected chi connectivity index (χ2v) is 6.80. The highest BCUT2D eigenvalue weighted by molar-refractivity contribution is 5.85. The van der Waals surface area contributed by atoms with E-state index in [2.05, 4.69) is 37.1 Å². The van der Waals surface area contributed by atoms with Crippen molar-refractivity contribution in [1.82, 2.24) is 4.90 Å². The Bertz CT molecular complexity index is 570. The molecule has 2 bridgehead atoms. The summed E-state index contributed by atoms with van der Waals surface area (Å²) >= 11 is 0. The zero-order valence-corrected chi connectivity index (χ0v) is 12.9. The van der Waals surface area contributed by atoms with Gasteiger partial charge in [0.25, 0.3) is 0 Å². The van der Waals surface area contributed by atoms with Crippen LogP contribution in [-0.2, 0) is 11.8 Å². The molecule has 4 rings (SSSR count). The van der Waals surface area contributed by atoms with E-state index in [1.165, 1.54) is 24.1 Å². The quantitative estimate of drug-likeness (QED) is 0.743. The molecule has 1 aromatic carbocycles. The molecule has 0 spiro atoms. The Hall–Kier alpha value is -0.990. The van der Waals surface area contributed by atoms with E-state index in [1.807, 2.05) is 12.1 Å². The highest BCUT2D eigenvalue weighted by Crippen LogP contribution is 2.52. The van der Waals surface area contributed by atoms with Crippen molar-refractivity contribution in [2.45, 2.75) is 31.2 Å². The monoisotopic (exact) mass is 291 g/mol. The van der Waals surface area contributed by atoms with Gasteiger partial charge in [-0.1, -0.05) is 25.1 Å². The number of hydrogen-bond acceptors (Lipinski definition) is 2.